The molecule has 0 aliphatic carbocycles. The maximum absolute atomic E-state index is 12.2. The summed E-state index contributed by atoms with van der Waals surface area (Å²) in [5.41, 5.74) is 2.70. The first-order valence-electron chi connectivity index (χ1n) is 8.20. The van der Waals surface area contributed by atoms with Gasteiger partial charge < -0.3 is 14.8 Å². The maximum Gasteiger partial charge on any atom is 0.327 e. The number of carbonyl (C=O) groups excluding carboxylic acids is 2. The summed E-state index contributed by atoms with van der Waals surface area (Å²) in [5.74, 6) is -0.102. The summed E-state index contributed by atoms with van der Waals surface area (Å²) in [6.45, 7) is 7.29. The Morgan fingerprint density at radius 2 is 2.00 bits per heavy atom. The van der Waals surface area contributed by atoms with Gasteiger partial charge in [0.2, 0.25) is 0 Å². The number of aryl methyl sites for hydroxylation is 2. The zero-order valence-electron chi connectivity index (χ0n) is 15.3. The number of amides is 1. The number of hydrogen-bond donors (Lipinski definition) is 1. The lowest BCUT2D eigenvalue weighted by molar-refractivity contribution is -0.144. The molecular weight excluding hydrogens is 358 g/mol. The van der Waals surface area contributed by atoms with Crippen molar-refractivity contribution in [1.29, 1.82) is 0 Å². The van der Waals surface area contributed by atoms with Crippen LogP contribution in [0.1, 0.15) is 23.9 Å². The van der Waals surface area contributed by atoms with Crippen molar-refractivity contribution in [2.45, 2.75) is 34.2 Å². The minimum absolute atomic E-state index is 0.00312. The van der Waals surface area contributed by atoms with Crippen LogP contribution in [0.25, 0.3) is 0 Å². The minimum Gasteiger partial charge on any atom is -0.483 e. The molecule has 0 aliphatic heterocycles. The second kappa shape index (κ2) is 8.71. The Balaban J connectivity index is 2.00. The van der Waals surface area contributed by atoms with Crippen molar-refractivity contribution >= 4 is 29.2 Å². The summed E-state index contributed by atoms with van der Waals surface area (Å²) >= 11 is 5.90. The van der Waals surface area contributed by atoms with E-state index in [1.54, 1.807) is 39.0 Å². The number of benzene rings is 1. The summed E-state index contributed by atoms with van der Waals surface area (Å²) in [4.78, 5) is 23.8. The Kier molecular flexibility index (Phi) is 6.63. The Morgan fingerprint density at radius 3 is 2.65 bits per heavy atom. The highest BCUT2D eigenvalue weighted by molar-refractivity contribution is 6.30. The molecule has 7 nitrogen and oxygen atoms in total. The zero-order chi connectivity index (χ0) is 19.3. The van der Waals surface area contributed by atoms with E-state index in [0.717, 1.165) is 5.56 Å². The average molecular weight is 380 g/mol. The fraction of sp³-hybridized carbons (Fsp3) is 0.389. The van der Waals surface area contributed by atoms with Gasteiger partial charge in [0.25, 0.3) is 5.91 Å². The summed E-state index contributed by atoms with van der Waals surface area (Å²) in [6, 6.07) is 5.19. The van der Waals surface area contributed by atoms with E-state index in [1.807, 2.05) is 6.92 Å². The standard InChI is InChI=1S/C18H22ClN3O4/c1-5-25-17(24)9-22-13(4)18(12(3)21-22)20-16(23)10-26-15-7-6-14(19)8-11(15)2/h6-8H,5,9-10H2,1-4H3,(H,20,23). The molecular formula is C18H22ClN3O4. The number of nitrogens with one attached hydrogen (secondary N) is 1. The van der Waals surface area contributed by atoms with Gasteiger partial charge in [-0.2, -0.15) is 5.10 Å². The van der Waals surface area contributed by atoms with Crippen molar-refractivity contribution in [3.8, 4) is 5.75 Å². The van der Waals surface area contributed by atoms with E-state index in [9.17, 15) is 9.59 Å². The predicted molar refractivity (Wildman–Crippen MR) is 98.6 cm³/mol. The third kappa shape index (κ3) is 4.98. The molecule has 0 radical (unpaired) electrons. The fourth-order valence-electron chi connectivity index (χ4n) is 2.45. The van der Waals surface area contributed by atoms with Crippen molar-refractivity contribution in [3.05, 3.63) is 40.2 Å². The Hall–Kier alpha value is -2.54. The van der Waals surface area contributed by atoms with Gasteiger partial charge in [-0.3, -0.25) is 14.3 Å². The van der Waals surface area contributed by atoms with Crippen LogP contribution in [-0.4, -0.2) is 34.9 Å². The highest BCUT2D eigenvalue weighted by Gasteiger charge is 2.17. The number of anilines is 1. The first-order valence-corrected chi connectivity index (χ1v) is 8.58. The normalized spacial score (nSPS) is 10.5. The van der Waals surface area contributed by atoms with E-state index in [-0.39, 0.29) is 25.0 Å². The van der Waals surface area contributed by atoms with Gasteiger partial charge in [0.05, 0.1) is 23.7 Å². The van der Waals surface area contributed by atoms with Crippen LogP contribution in [0.5, 0.6) is 5.75 Å². The van der Waals surface area contributed by atoms with Gasteiger partial charge in [-0.25, -0.2) is 0 Å². The lowest BCUT2D eigenvalue weighted by atomic mass is 10.2. The summed E-state index contributed by atoms with van der Waals surface area (Å²) in [6.07, 6.45) is 0. The molecule has 0 aliphatic rings. The number of nitrogens with zero attached hydrogens (tertiary/aromatic N) is 2. The van der Waals surface area contributed by atoms with E-state index < -0.39 is 0 Å². The molecule has 0 fully saturated rings. The molecule has 0 spiro atoms. The van der Waals surface area contributed by atoms with Crippen molar-refractivity contribution < 1.29 is 19.1 Å². The van der Waals surface area contributed by atoms with E-state index in [4.69, 9.17) is 21.1 Å². The zero-order valence-corrected chi connectivity index (χ0v) is 16.0. The molecule has 0 saturated heterocycles. The van der Waals surface area contributed by atoms with Crippen molar-refractivity contribution in [2.24, 2.45) is 0 Å². The average Bonchev–Trinajstić information content (AvgIpc) is 2.81. The number of carbonyl (C=O) groups is 2. The largest absolute Gasteiger partial charge is 0.483 e. The quantitative estimate of drug-likeness (QED) is 0.747. The first-order chi connectivity index (χ1) is 12.3. The van der Waals surface area contributed by atoms with Crippen LogP contribution < -0.4 is 10.1 Å². The van der Waals surface area contributed by atoms with E-state index in [2.05, 4.69) is 10.4 Å². The number of halogens is 1. The van der Waals surface area contributed by atoms with Crippen LogP contribution in [0.2, 0.25) is 5.02 Å². The molecule has 2 rings (SSSR count). The predicted octanol–water partition coefficient (Wildman–Crippen LogP) is 3.04. The molecule has 0 unspecified atom stereocenters. The molecule has 0 atom stereocenters. The van der Waals surface area contributed by atoms with Gasteiger partial charge >= 0.3 is 5.97 Å². The summed E-state index contributed by atoms with van der Waals surface area (Å²) < 4.78 is 12.0. The van der Waals surface area contributed by atoms with Crippen LogP contribution in [0.3, 0.4) is 0 Å². The summed E-state index contributed by atoms with van der Waals surface area (Å²) in [5, 5.41) is 7.66. The van der Waals surface area contributed by atoms with Crippen LogP contribution in [0.4, 0.5) is 5.69 Å². The van der Waals surface area contributed by atoms with Crippen LogP contribution in [0.15, 0.2) is 18.2 Å². The highest BCUT2D eigenvalue weighted by Crippen LogP contribution is 2.22. The monoisotopic (exact) mass is 379 g/mol. The molecule has 0 bridgehead atoms. The summed E-state index contributed by atoms with van der Waals surface area (Å²) in [7, 11) is 0. The van der Waals surface area contributed by atoms with Gasteiger partial charge in [-0.1, -0.05) is 11.6 Å². The van der Waals surface area contributed by atoms with Gasteiger partial charge in [-0.05, 0) is 51.5 Å². The van der Waals surface area contributed by atoms with Crippen molar-refractivity contribution in [1.82, 2.24) is 9.78 Å². The smallest absolute Gasteiger partial charge is 0.327 e. The van der Waals surface area contributed by atoms with E-state index in [0.29, 0.717) is 34.5 Å². The highest BCUT2D eigenvalue weighted by atomic mass is 35.5. The van der Waals surface area contributed by atoms with Crippen molar-refractivity contribution in [3.63, 3.8) is 0 Å². The minimum atomic E-state index is -0.377. The topological polar surface area (TPSA) is 82.5 Å². The Morgan fingerprint density at radius 1 is 1.27 bits per heavy atom. The molecule has 2 aromatic rings. The Labute approximate surface area is 157 Å². The first kappa shape index (κ1) is 19.8. The number of esters is 1. The van der Waals surface area contributed by atoms with Crippen LogP contribution in [0, 0.1) is 20.8 Å². The molecule has 1 aromatic heterocycles. The van der Waals surface area contributed by atoms with E-state index >= 15 is 0 Å². The molecule has 1 amide bonds. The van der Waals surface area contributed by atoms with Gasteiger partial charge in [-0.15, -0.1) is 0 Å². The second-order valence-electron chi connectivity index (χ2n) is 5.76. The molecule has 1 aromatic carbocycles. The number of hydrogen-bond acceptors (Lipinski definition) is 5. The van der Waals surface area contributed by atoms with Crippen LogP contribution in [-0.2, 0) is 20.9 Å². The third-order valence-electron chi connectivity index (χ3n) is 3.73. The second-order valence-corrected chi connectivity index (χ2v) is 6.19. The fourth-order valence-corrected chi connectivity index (χ4v) is 2.68. The van der Waals surface area contributed by atoms with Crippen LogP contribution >= 0.6 is 11.6 Å². The van der Waals surface area contributed by atoms with E-state index in [1.165, 1.54) is 4.68 Å². The molecule has 1 N–H and O–H groups in total. The number of aromatic nitrogens is 2. The lowest BCUT2D eigenvalue weighted by Crippen LogP contribution is -2.21. The SMILES string of the molecule is CCOC(=O)Cn1nc(C)c(NC(=O)COc2ccc(Cl)cc2C)c1C. The molecule has 0 saturated carbocycles. The Bertz CT molecular complexity index is 817. The number of ether oxygens (including phenoxy) is 2. The maximum atomic E-state index is 12.2. The molecule has 140 valence electrons. The third-order valence-corrected chi connectivity index (χ3v) is 3.96. The lowest BCUT2D eigenvalue weighted by Gasteiger charge is -2.10. The van der Waals surface area contributed by atoms with Crippen molar-refractivity contribution in [2.75, 3.05) is 18.5 Å². The number of rotatable bonds is 7. The van der Waals surface area contributed by atoms with Gasteiger partial charge in [0.1, 0.15) is 12.3 Å². The molecule has 8 heteroatoms. The van der Waals surface area contributed by atoms with Gasteiger partial charge in [0, 0.05) is 5.02 Å². The molecule has 1 heterocycles. The van der Waals surface area contributed by atoms with Gasteiger partial charge in [0.15, 0.2) is 6.61 Å². The molecule has 26 heavy (non-hydrogen) atoms.